The number of nitrogens with zero attached hydrogens (tertiary/aromatic N) is 5. The van der Waals surface area contributed by atoms with Gasteiger partial charge in [-0.2, -0.15) is 10.1 Å². The summed E-state index contributed by atoms with van der Waals surface area (Å²) in [4.78, 5) is 6.94. The highest BCUT2D eigenvalue weighted by molar-refractivity contribution is 5.55. The van der Waals surface area contributed by atoms with Crippen LogP contribution in [0.4, 0.5) is 0 Å². The molecule has 3 aromatic rings. The van der Waals surface area contributed by atoms with Crippen LogP contribution in [0.15, 0.2) is 41.2 Å². The zero-order valence-corrected chi connectivity index (χ0v) is 15.8. The van der Waals surface area contributed by atoms with Crippen molar-refractivity contribution in [2.24, 2.45) is 13.0 Å². The molecular weight excluding hydrogens is 342 g/mol. The number of aryl methyl sites for hydroxylation is 1. The Kier molecular flexibility index (Phi) is 5.20. The summed E-state index contributed by atoms with van der Waals surface area (Å²) >= 11 is 0. The molecule has 1 atom stereocenters. The van der Waals surface area contributed by atoms with Crippen molar-refractivity contribution in [3.63, 3.8) is 0 Å². The van der Waals surface area contributed by atoms with E-state index in [-0.39, 0.29) is 0 Å². The van der Waals surface area contributed by atoms with Gasteiger partial charge in [0.15, 0.2) is 0 Å². The molecule has 7 heteroatoms. The number of ether oxygens (including phenoxy) is 1. The van der Waals surface area contributed by atoms with Gasteiger partial charge in [0.1, 0.15) is 5.75 Å². The fourth-order valence-electron chi connectivity index (χ4n) is 3.63. The van der Waals surface area contributed by atoms with Gasteiger partial charge >= 0.3 is 0 Å². The van der Waals surface area contributed by atoms with Crippen LogP contribution in [-0.4, -0.2) is 44.5 Å². The molecule has 3 heterocycles. The fraction of sp³-hybridized carbons (Fsp3) is 0.450. The highest BCUT2D eigenvalue weighted by atomic mass is 16.5. The number of hydrogen-bond donors (Lipinski definition) is 0. The Labute approximate surface area is 158 Å². The van der Waals surface area contributed by atoms with Crippen molar-refractivity contribution in [3.8, 4) is 17.1 Å². The largest absolute Gasteiger partial charge is 0.494 e. The van der Waals surface area contributed by atoms with Crippen molar-refractivity contribution in [1.29, 1.82) is 0 Å². The smallest absolute Gasteiger partial charge is 0.241 e. The second-order valence-corrected chi connectivity index (χ2v) is 7.09. The van der Waals surface area contributed by atoms with Gasteiger partial charge in [0.25, 0.3) is 0 Å². The summed E-state index contributed by atoms with van der Waals surface area (Å²) in [6, 6.07) is 7.77. The molecule has 142 valence electrons. The summed E-state index contributed by atoms with van der Waals surface area (Å²) in [6.45, 7) is 5.44. The van der Waals surface area contributed by atoms with Gasteiger partial charge < -0.3 is 9.26 Å². The molecule has 7 nitrogen and oxygen atoms in total. The van der Waals surface area contributed by atoms with Gasteiger partial charge in [0.2, 0.25) is 11.7 Å². The van der Waals surface area contributed by atoms with Crippen LogP contribution >= 0.6 is 0 Å². The third kappa shape index (κ3) is 4.36. The zero-order chi connectivity index (χ0) is 18.6. The van der Waals surface area contributed by atoms with Crippen molar-refractivity contribution in [1.82, 2.24) is 24.8 Å². The molecule has 0 amide bonds. The summed E-state index contributed by atoms with van der Waals surface area (Å²) < 4.78 is 12.8. The quantitative estimate of drug-likeness (QED) is 0.639. The lowest BCUT2D eigenvalue weighted by Crippen LogP contribution is -2.20. The molecule has 0 N–H and O–H groups in total. The maximum atomic E-state index is 5.47. The lowest BCUT2D eigenvalue weighted by Gasteiger charge is -2.12. The molecule has 27 heavy (non-hydrogen) atoms. The van der Waals surface area contributed by atoms with E-state index < -0.39 is 0 Å². The predicted octanol–water partition coefficient (Wildman–Crippen LogP) is 2.93. The van der Waals surface area contributed by atoms with E-state index in [9.17, 15) is 0 Å². The molecule has 1 fully saturated rings. The number of likely N-dealkylation sites (tertiary alicyclic amines) is 1. The topological polar surface area (TPSA) is 69.2 Å². The van der Waals surface area contributed by atoms with E-state index in [1.165, 1.54) is 12.0 Å². The first-order valence-electron chi connectivity index (χ1n) is 9.45. The number of hydrogen-bond acceptors (Lipinski definition) is 6. The van der Waals surface area contributed by atoms with Crippen molar-refractivity contribution in [2.45, 2.75) is 26.3 Å². The fourth-order valence-corrected chi connectivity index (χ4v) is 3.63. The van der Waals surface area contributed by atoms with Crippen molar-refractivity contribution in [3.05, 3.63) is 48.1 Å². The molecule has 0 radical (unpaired) electrons. The summed E-state index contributed by atoms with van der Waals surface area (Å²) in [6.07, 6.45) is 6.33. The van der Waals surface area contributed by atoms with Crippen LogP contribution in [0.3, 0.4) is 0 Å². The van der Waals surface area contributed by atoms with E-state index in [1.807, 2.05) is 49.1 Å². The van der Waals surface area contributed by atoms with Crippen LogP contribution in [0.5, 0.6) is 5.75 Å². The zero-order valence-electron chi connectivity index (χ0n) is 15.8. The van der Waals surface area contributed by atoms with Crippen LogP contribution in [0, 0.1) is 5.92 Å². The normalized spacial score (nSPS) is 17.5. The second kappa shape index (κ2) is 7.92. The molecule has 0 aliphatic carbocycles. The third-order valence-corrected chi connectivity index (χ3v) is 4.90. The lowest BCUT2D eigenvalue weighted by atomic mass is 10.0. The standard InChI is InChI=1S/C20H25N5O2/c1-3-26-18-6-4-17(5-7-18)20-22-19(27-23-20)14-25-9-8-15(13-25)10-16-11-21-24(2)12-16/h4-7,11-12,15H,3,8-10,13-14H2,1-2H3. The third-order valence-electron chi connectivity index (χ3n) is 4.90. The average Bonchev–Trinajstić information content (AvgIpc) is 3.39. The maximum Gasteiger partial charge on any atom is 0.241 e. The van der Waals surface area contributed by atoms with Crippen LogP contribution in [0.1, 0.15) is 24.8 Å². The van der Waals surface area contributed by atoms with Gasteiger partial charge in [-0.15, -0.1) is 0 Å². The molecule has 1 unspecified atom stereocenters. The summed E-state index contributed by atoms with van der Waals surface area (Å²) in [5, 5.41) is 8.38. The number of aromatic nitrogens is 4. The highest BCUT2D eigenvalue weighted by Gasteiger charge is 2.24. The van der Waals surface area contributed by atoms with Gasteiger partial charge in [0.05, 0.1) is 19.3 Å². The second-order valence-electron chi connectivity index (χ2n) is 7.09. The Bertz CT molecular complexity index is 871. The number of benzene rings is 1. The average molecular weight is 367 g/mol. The van der Waals surface area contributed by atoms with Crippen LogP contribution in [-0.2, 0) is 20.0 Å². The van der Waals surface area contributed by atoms with E-state index in [0.717, 1.165) is 30.8 Å². The van der Waals surface area contributed by atoms with Gasteiger partial charge in [-0.05, 0) is 62.1 Å². The minimum Gasteiger partial charge on any atom is -0.494 e. The summed E-state index contributed by atoms with van der Waals surface area (Å²) in [7, 11) is 1.96. The molecule has 1 saturated heterocycles. The minimum atomic E-state index is 0.624. The van der Waals surface area contributed by atoms with Crippen LogP contribution < -0.4 is 4.74 Å². The Balaban J connectivity index is 1.33. The Morgan fingerprint density at radius 2 is 2.11 bits per heavy atom. The van der Waals surface area contributed by atoms with E-state index in [2.05, 4.69) is 26.3 Å². The molecule has 0 spiro atoms. The van der Waals surface area contributed by atoms with Crippen molar-refractivity contribution < 1.29 is 9.26 Å². The SMILES string of the molecule is CCOc1ccc(-c2noc(CN3CCC(Cc4cnn(C)c4)C3)n2)cc1. The first kappa shape index (κ1) is 17.7. The Morgan fingerprint density at radius 3 is 2.85 bits per heavy atom. The predicted molar refractivity (Wildman–Crippen MR) is 101 cm³/mol. The summed E-state index contributed by atoms with van der Waals surface area (Å²) in [5.74, 6) is 2.80. The van der Waals surface area contributed by atoms with Gasteiger partial charge in [-0.3, -0.25) is 9.58 Å². The first-order chi connectivity index (χ1) is 13.2. The van der Waals surface area contributed by atoms with Gasteiger partial charge in [0, 0.05) is 25.4 Å². The van der Waals surface area contributed by atoms with E-state index in [4.69, 9.17) is 9.26 Å². The monoisotopic (exact) mass is 367 g/mol. The molecule has 1 aromatic carbocycles. The van der Waals surface area contributed by atoms with E-state index >= 15 is 0 Å². The molecule has 1 aliphatic rings. The van der Waals surface area contributed by atoms with E-state index in [1.54, 1.807) is 0 Å². The molecule has 2 aromatic heterocycles. The first-order valence-corrected chi connectivity index (χ1v) is 9.45. The lowest BCUT2D eigenvalue weighted by molar-refractivity contribution is 0.260. The van der Waals surface area contributed by atoms with Crippen molar-refractivity contribution >= 4 is 0 Å². The highest BCUT2D eigenvalue weighted by Crippen LogP contribution is 2.24. The Morgan fingerprint density at radius 1 is 1.26 bits per heavy atom. The molecular formula is C20H25N5O2. The number of rotatable bonds is 7. The van der Waals surface area contributed by atoms with Crippen LogP contribution in [0.2, 0.25) is 0 Å². The minimum absolute atomic E-state index is 0.624. The molecule has 4 rings (SSSR count). The molecule has 0 bridgehead atoms. The summed E-state index contributed by atoms with van der Waals surface area (Å²) in [5.41, 5.74) is 2.24. The van der Waals surface area contributed by atoms with Crippen LogP contribution in [0.25, 0.3) is 11.4 Å². The molecule has 0 saturated carbocycles. The van der Waals surface area contributed by atoms with E-state index in [0.29, 0.717) is 30.8 Å². The van der Waals surface area contributed by atoms with Crippen molar-refractivity contribution in [2.75, 3.05) is 19.7 Å². The Hall–Kier alpha value is -2.67. The maximum absolute atomic E-state index is 5.47. The van der Waals surface area contributed by atoms with Gasteiger partial charge in [-0.1, -0.05) is 5.16 Å². The van der Waals surface area contributed by atoms with Gasteiger partial charge in [-0.25, -0.2) is 0 Å². The molecule has 1 aliphatic heterocycles.